The number of para-hydroxylation sites is 2. The lowest BCUT2D eigenvalue weighted by Gasteiger charge is -2.31. The maximum Gasteiger partial charge on any atom is 0.0555 e. The molecule has 10 aromatic rings. The van der Waals surface area contributed by atoms with Gasteiger partial charge in [0.25, 0.3) is 0 Å². The average Bonchev–Trinajstić information content (AvgIpc) is 3.66. The van der Waals surface area contributed by atoms with Crippen LogP contribution in [0.15, 0.2) is 182 Å². The highest BCUT2D eigenvalue weighted by molar-refractivity contribution is 7.26. The van der Waals surface area contributed by atoms with Crippen LogP contribution in [-0.2, 0) is 0 Å². The van der Waals surface area contributed by atoms with Crippen molar-refractivity contribution in [1.82, 2.24) is 0 Å². The predicted molar refractivity (Wildman–Crippen MR) is 243 cm³/mol. The first-order valence-corrected chi connectivity index (χ1v) is 20.9. The van der Waals surface area contributed by atoms with Gasteiger partial charge in [-0.05, 0) is 98.1 Å². The molecule has 2 heteroatoms. The molecule has 0 aliphatic heterocycles. The first-order valence-electron chi connectivity index (χ1n) is 20.1. The van der Waals surface area contributed by atoms with Crippen molar-refractivity contribution in [2.45, 2.75) is 38.0 Å². The van der Waals surface area contributed by atoms with Crippen LogP contribution < -0.4 is 4.90 Å². The van der Waals surface area contributed by atoms with Gasteiger partial charge in [-0.25, -0.2) is 0 Å². The standard InChI is InChI=1S/C54H41NS/c1-2-16-36(17-3-1)40-25-12-19-38-20-13-28-46(53(38)40)45-23-7-10-30-49(45)55(50-31-15-33-52-54(50)47-24-8-11-32-51(47)56-52)48-29-9-6-22-44(48)42-27-14-26-41-39-21-5-4-18-37(39)34-35-43(41)42/h4-15,18-36H,1-3,16-17H2. The highest BCUT2D eigenvalue weighted by Crippen LogP contribution is 2.51. The average molecular weight is 736 g/mol. The molecule has 0 radical (unpaired) electrons. The van der Waals surface area contributed by atoms with Crippen LogP contribution in [0.3, 0.4) is 0 Å². The third-order valence-electron chi connectivity index (χ3n) is 12.3. The molecule has 9 aromatic carbocycles. The zero-order chi connectivity index (χ0) is 37.0. The van der Waals surface area contributed by atoms with E-state index in [9.17, 15) is 0 Å². The maximum atomic E-state index is 2.58. The fraction of sp³-hybridized carbons (Fsp3) is 0.111. The molecule has 1 heterocycles. The summed E-state index contributed by atoms with van der Waals surface area (Å²) < 4.78 is 2.61. The lowest BCUT2D eigenvalue weighted by Crippen LogP contribution is -2.13. The van der Waals surface area contributed by atoms with E-state index < -0.39 is 0 Å². The minimum atomic E-state index is 0.589. The third kappa shape index (κ3) is 5.43. The van der Waals surface area contributed by atoms with E-state index in [2.05, 4.69) is 187 Å². The molecule has 0 N–H and O–H groups in total. The van der Waals surface area contributed by atoms with Crippen molar-refractivity contribution in [3.63, 3.8) is 0 Å². The molecule has 0 spiro atoms. The Balaban J connectivity index is 1.22. The molecule has 1 saturated carbocycles. The number of hydrogen-bond acceptors (Lipinski definition) is 2. The Morgan fingerprint density at radius 2 is 0.929 bits per heavy atom. The normalized spacial score (nSPS) is 13.6. The highest BCUT2D eigenvalue weighted by atomic mass is 32.1. The molecule has 0 atom stereocenters. The second-order valence-corrected chi connectivity index (χ2v) is 16.5. The van der Waals surface area contributed by atoms with Crippen LogP contribution >= 0.6 is 11.3 Å². The Hall–Kier alpha value is -6.22. The lowest BCUT2D eigenvalue weighted by molar-refractivity contribution is 0.445. The van der Waals surface area contributed by atoms with Gasteiger partial charge < -0.3 is 4.90 Å². The van der Waals surface area contributed by atoms with Gasteiger partial charge in [0.15, 0.2) is 0 Å². The summed E-state index contributed by atoms with van der Waals surface area (Å²) in [5, 5.41) is 10.4. The molecular formula is C54H41NS. The Labute approximate surface area is 332 Å². The zero-order valence-electron chi connectivity index (χ0n) is 31.3. The summed E-state index contributed by atoms with van der Waals surface area (Å²) in [6.45, 7) is 0. The molecular weight excluding hydrogens is 695 g/mol. The summed E-state index contributed by atoms with van der Waals surface area (Å²) in [6.07, 6.45) is 6.51. The number of anilines is 3. The largest absolute Gasteiger partial charge is 0.309 e. The van der Waals surface area contributed by atoms with Crippen molar-refractivity contribution in [2.75, 3.05) is 4.90 Å². The van der Waals surface area contributed by atoms with Crippen LogP contribution in [-0.4, -0.2) is 0 Å². The van der Waals surface area contributed by atoms with Crippen molar-refractivity contribution >= 4 is 80.9 Å². The van der Waals surface area contributed by atoms with Crippen LogP contribution in [0.4, 0.5) is 17.1 Å². The van der Waals surface area contributed by atoms with Gasteiger partial charge in [-0.2, -0.15) is 0 Å². The fourth-order valence-electron chi connectivity index (χ4n) is 9.75. The molecule has 56 heavy (non-hydrogen) atoms. The van der Waals surface area contributed by atoms with E-state index in [0.717, 1.165) is 5.69 Å². The molecule has 268 valence electrons. The van der Waals surface area contributed by atoms with Crippen molar-refractivity contribution in [1.29, 1.82) is 0 Å². The first-order chi connectivity index (χ1) is 27.8. The van der Waals surface area contributed by atoms with Crippen LogP contribution in [0, 0.1) is 0 Å². The van der Waals surface area contributed by atoms with E-state index in [1.165, 1.54) is 124 Å². The van der Waals surface area contributed by atoms with Crippen LogP contribution in [0.1, 0.15) is 43.6 Å². The minimum Gasteiger partial charge on any atom is -0.309 e. The summed E-state index contributed by atoms with van der Waals surface area (Å²) in [6, 6.07) is 68.1. The smallest absolute Gasteiger partial charge is 0.0555 e. The maximum absolute atomic E-state index is 2.58. The third-order valence-corrected chi connectivity index (χ3v) is 13.4. The lowest BCUT2D eigenvalue weighted by atomic mass is 9.80. The van der Waals surface area contributed by atoms with Crippen molar-refractivity contribution in [2.24, 2.45) is 0 Å². The van der Waals surface area contributed by atoms with Crippen LogP contribution in [0.5, 0.6) is 0 Å². The number of benzene rings is 9. The number of thiophene rings is 1. The summed E-state index contributed by atoms with van der Waals surface area (Å²) in [5.41, 5.74) is 10.0. The van der Waals surface area contributed by atoms with E-state index >= 15 is 0 Å². The summed E-state index contributed by atoms with van der Waals surface area (Å²) in [4.78, 5) is 2.58. The molecule has 1 aliphatic carbocycles. The topological polar surface area (TPSA) is 3.24 Å². The monoisotopic (exact) mass is 735 g/mol. The number of hydrogen-bond donors (Lipinski definition) is 0. The van der Waals surface area contributed by atoms with E-state index in [4.69, 9.17) is 0 Å². The van der Waals surface area contributed by atoms with Gasteiger partial charge >= 0.3 is 0 Å². The molecule has 0 amide bonds. The van der Waals surface area contributed by atoms with Gasteiger partial charge in [-0.3, -0.25) is 0 Å². The van der Waals surface area contributed by atoms with Crippen molar-refractivity contribution in [3.05, 3.63) is 188 Å². The van der Waals surface area contributed by atoms with E-state index in [1.54, 1.807) is 0 Å². The van der Waals surface area contributed by atoms with Crippen LogP contribution in [0.25, 0.3) is 74.7 Å². The molecule has 0 saturated heterocycles. The van der Waals surface area contributed by atoms with Gasteiger partial charge in [0.1, 0.15) is 0 Å². The zero-order valence-corrected chi connectivity index (χ0v) is 32.1. The van der Waals surface area contributed by atoms with Crippen molar-refractivity contribution < 1.29 is 0 Å². The van der Waals surface area contributed by atoms with Gasteiger partial charge in [0, 0.05) is 31.3 Å². The number of rotatable bonds is 6. The second kappa shape index (κ2) is 13.8. The van der Waals surface area contributed by atoms with E-state index in [-0.39, 0.29) is 0 Å². The molecule has 11 rings (SSSR count). The van der Waals surface area contributed by atoms with Crippen molar-refractivity contribution in [3.8, 4) is 22.3 Å². The van der Waals surface area contributed by atoms with Gasteiger partial charge in [-0.15, -0.1) is 11.3 Å². The van der Waals surface area contributed by atoms with Gasteiger partial charge in [0.05, 0.1) is 17.1 Å². The van der Waals surface area contributed by atoms with E-state index in [0.29, 0.717) is 5.92 Å². The Morgan fingerprint density at radius 1 is 0.357 bits per heavy atom. The molecule has 0 bridgehead atoms. The summed E-state index contributed by atoms with van der Waals surface area (Å²) >= 11 is 1.88. The molecule has 1 aromatic heterocycles. The number of fused-ring (bicyclic) bond motifs is 7. The fourth-order valence-corrected chi connectivity index (χ4v) is 10.9. The molecule has 1 aliphatic rings. The quantitative estimate of drug-likeness (QED) is 0.154. The van der Waals surface area contributed by atoms with E-state index in [1.807, 2.05) is 11.3 Å². The summed E-state index contributed by atoms with van der Waals surface area (Å²) in [5.74, 6) is 0.589. The Kier molecular flexibility index (Phi) is 8.18. The first kappa shape index (κ1) is 33.1. The highest BCUT2D eigenvalue weighted by Gasteiger charge is 2.26. The Bertz CT molecular complexity index is 3090. The molecule has 0 unspecified atom stereocenters. The number of nitrogens with zero attached hydrogens (tertiary/aromatic N) is 1. The minimum absolute atomic E-state index is 0.589. The molecule has 1 fully saturated rings. The van der Waals surface area contributed by atoms with Gasteiger partial charge in [0.2, 0.25) is 0 Å². The molecule has 1 nitrogen and oxygen atoms in total. The van der Waals surface area contributed by atoms with Gasteiger partial charge in [-0.1, -0.05) is 171 Å². The Morgan fingerprint density at radius 3 is 1.77 bits per heavy atom. The van der Waals surface area contributed by atoms with Crippen LogP contribution in [0.2, 0.25) is 0 Å². The second-order valence-electron chi connectivity index (χ2n) is 15.4. The summed E-state index contributed by atoms with van der Waals surface area (Å²) in [7, 11) is 0. The SMILES string of the molecule is c1ccc(N(c2ccccc2-c2cccc3cccc(C4CCCCC4)c23)c2cccc3sc4ccccc4c23)c(-c2cccc3c2ccc2ccccc23)c1. The predicted octanol–water partition coefficient (Wildman–Crippen LogP) is 16.4.